The van der Waals surface area contributed by atoms with E-state index in [9.17, 15) is 4.79 Å². The van der Waals surface area contributed by atoms with Gasteiger partial charge in [0.2, 0.25) is 5.91 Å². The number of likely N-dealkylation sites (N-methyl/N-ethyl adjacent to an activating group) is 1. The molecular formula is C11H24N4O. The van der Waals surface area contributed by atoms with E-state index in [-0.39, 0.29) is 5.91 Å². The highest BCUT2D eigenvalue weighted by Crippen LogP contribution is 2.02. The van der Waals surface area contributed by atoms with Gasteiger partial charge in [-0.25, -0.2) is 0 Å². The summed E-state index contributed by atoms with van der Waals surface area (Å²) in [6, 6.07) is 0. The second-order valence-electron chi connectivity index (χ2n) is 4.29. The van der Waals surface area contributed by atoms with Gasteiger partial charge < -0.3 is 16.0 Å². The Kier molecular flexibility index (Phi) is 6.37. The first-order valence-electron chi connectivity index (χ1n) is 6.11. The second kappa shape index (κ2) is 7.60. The van der Waals surface area contributed by atoms with E-state index in [1.54, 1.807) is 7.05 Å². The predicted molar refractivity (Wildman–Crippen MR) is 65.2 cm³/mol. The molecule has 1 heterocycles. The molecule has 0 aromatic heterocycles. The van der Waals surface area contributed by atoms with Crippen LogP contribution in [0.2, 0.25) is 0 Å². The summed E-state index contributed by atoms with van der Waals surface area (Å²) < 4.78 is 0. The third kappa shape index (κ3) is 4.92. The van der Waals surface area contributed by atoms with Crippen LogP contribution in [0.1, 0.15) is 12.8 Å². The highest BCUT2D eigenvalue weighted by Gasteiger charge is 2.17. The minimum absolute atomic E-state index is 0.108. The van der Waals surface area contributed by atoms with Gasteiger partial charge >= 0.3 is 0 Å². The number of rotatable bonds is 6. The summed E-state index contributed by atoms with van der Waals surface area (Å²) in [4.78, 5) is 15.9. The number of hydrogen-bond acceptors (Lipinski definition) is 4. The van der Waals surface area contributed by atoms with Crippen LogP contribution in [0.3, 0.4) is 0 Å². The molecule has 1 aliphatic heterocycles. The number of unbranched alkanes of at least 4 members (excludes halogenated alkanes) is 1. The fourth-order valence-electron chi connectivity index (χ4n) is 1.93. The Morgan fingerprint density at radius 1 is 1.19 bits per heavy atom. The van der Waals surface area contributed by atoms with Crippen molar-refractivity contribution in [1.29, 1.82) is 0 Å². The molecule has 0 aliphatic carbocycles. The Morgan fingerprint density at radius 3 is 2.38 bits per heavy atom. The molecule has 0 bridgehead atoms. The first kappa shape index (κ1) is 13.4. The molecule has 1 saturated heterocycles. The lowest BCUT2D eigenvalue weighted by atomic mass is 10.2. The maximum Gasteiger partial charge on any atom is 0.233 e. The Morgan fingerprint density at radius 2 is 1.81 bits per heavy atom. The van der Waals surface area contributed by atoms with E-state index in [0.717, 1.165) is 45.7 Å². The van der Waals surface area contributed by atoms with Gasteiger partial charge in [-0.3, -0.25) is 9.69 Å². The predicted octanol–water partition coefficient (Wildman–Crippen LogP) is -0.911. The van der Waals surface area contributed by atoms with Gasteiger partial charge in [-0.05, 0) is 25.9 Å². The molecule has 94 valence electrons. The maximum absolute atomic E-state index is 11.2. The van der Waals surface area contributed by atoms with Crippen molar-refractivity contribution in [3.63, 3.8) is 0 Å². The Hall–Kier alpha value is -0.650. The van der Waals surface area contributed by atoms with Crippen LogP contribution < -0.4 is 11.1 Å². The largest absolute Gasteiger partial charge is 0.358 e. The zero-order chi connectivity index (χ0) is 11.8. The van der Waals surface area contributed by atoms with Crippen molar-refractivity contribution in [2.75, 3.05) is 52.9 Å². The third-order valence-electron chi connectivity index (χ3n) is 3.04. The molecule has 0 atom stereocenters. The molecular weight excluding hydrogens is 204 g/mol. The van der Waals surface area contributed by atoms with Crippen LogP contribution in [0, 0.1) is 0 Å². The molecule has 0 unspecified atom stereocenters. The molecule has 1 amide bonds. The number of hydrogen-bond donors (Lipinski definition) is 2. The number of nitrogens with zero attached hydrogens (tertiary/aromatic N) is 2. The van der Waals surface area contributed by atoms with Crippen LogP contribution in [-0.2, 0) is 4.79 Å². The van der Waals surface area contributed by atoms with Crippen molar-refractivity contribution in [2.45, 2.75) is 12.8 Å². The number of carbonyl (C=O) groups is 1. The van der Waals surface area contributed by atoms with Crippen molar-refractivity contribution in [1.82, 2.24) is 15.1 Å². The van der Waals surface area contributed by atoms with Crippen molar-refractivity contribution >= 4 is 5.91 Å². The van der Waals surface area contributed by atoms with Gasteiger partial charge in [0.25, 0.3) is 0 Å². The number of carbonyl (C=O) groups excluding carboxylic acids is 1. The van der Waals surface area contributed by atoms with Crippen LogP contribution in [0.5, 0.6) is 0 Å². The van der Waals surface area contributed by atoms with E-state index < -0.39 is 0 Å². The zero-order valence-electron chi connectivity index (χ0n) is 10.2. The molecule has 0 aromatic rings. The van der Waals surface area contributed by atoms with Crippen LogP contribution in [0.4, 0.5) is 0 Å². The second-order valence-corrected chi connectivity index (χ2v) is 4.29. The highest BCUT2D eigenvalue weighted by molar-refractivity contribution is 5.77. The molecule has 3 N–H and O–H groups in total. The quantitative estimate of drug-likeness (QED) is 0.578. The smallest absolute Gasteiger partial charge is 0.233 e. The molecule has 0 spiro atoms. The third-order valence-corrected chi connectivity index (χ3v) is 3.04. The van der Waals surface area contributed by atoms with E-state index in [1.165, 1.54) is 6.42 Å². The summed E-state index contributed by atoms with van der Waals surface area (Å²) in [6.07, 6.45) is 2.30. The first-order chi connectivity index (χ1) is 7.76. The lowest BCUT2D eigenvalue weighted by Gasteiger charge is -2.34. The van der Waals surface area contributed by atoms with Crippen molar-refractivity contribution in [3.05, 3.63) is 0 Å². The van der Waals surface area contributed by atoms with Crippen LogP contribution >= 0.6 is 0 Å². The Labute approximate surface area is 98.0 Å². The first-order valence-corrected chi connectivity index (χ1v) is 6.11. The topological polar surface area (TPSA) is 61.6 Å². The number of amides is 1. The van der Waals surface area contributed by atoms with Gasteiger partial charge in [-0.2, -0.15) is 0 Å². The number of nitrogens with two attached hydrogens (primary N) is 1. The van der Waals surface area contributed by atoms with Gasteiger partial charge in [0.05, 0.1) is 6.54 Å². The molecule has 0 saturated carbocycles. The summed E-state index contributed by atoms with van der Waals surface area (Å²) >= 11 is 0. The lowest BCUT2D eigenvalue weighted by molar-refractivity contribution is -0.122. The van der Waals surface area contributed by atoms with Crippen LogP contribution in [-0.4, -0.2) is 68.6 Å². The van der Waals surface area contributed by atoms with Crippen molar-refractivity contribution in [2.24, 2.45) is 5.73 Å². The molecule has 0 aromatic carbocycles. The fraction of sp³-hybridized carbons (Fsp3) is 0.909. The van der Waals surface area contributed by atoms with E-state index in [1.807, 2.05) is 0 Å². The molecule has 1 rings (SSSR count). The van der Waals surface area contributed by atoms with E-state index in [4.69, 9.17) is 5.73 Å². The summed E-state index contributed by atoms with van der Waals surface area (Å²) in [5, 5.41) is 2.66. The normalized spacial score (nSPS) is 18.6. The van der Waals surface area contributed by atoms with Crippen molar-refractivity contribution < 1.29 is 4.79 Å². The van der Waals surface area contributed by atoms with Crippen LogP contribution in [0.25, 0.3) is 0 Å². The highest BCUT2D eigenvalue weighted by atomic mass is 16.1. The summed E-state index contributed by atoms with van der Waals surface area (Å²) in [5.41, 5.74) is 5.47. The molecule has 0 radical (unpaired) electrons. The summed E-state index contributed by atoms with van der Waals surface area (Å²) in [5.74, 6) is 0.108. The molecule has 1 fully saturated rings. The fourth-order valence-corrected chi connectivity index (χ4v) is 1.93. The molecule has 5 heteroatoms. The summed E-state index contributed by atoms with van der Waals surface area (Å²) in [7, 11) is 1.69. The molecule has 1 aliphatic rings. The van der Waals surface area contributed by atoms with E-state index in [0.29, 0.717) is 6.54 Å². The SMILES string of the molecule is CNC(=O)CN1CCN(CCCCN)CC1. The average molecular weight is 228 g/mol. The Bertz CT molecular complexity index is 202. The molecule has 5 nitrogen and oxygen atoms in total. The van der Waals surface area contributed by atoms with Crippen LogP contribution in [0.15, 0.2) is 0 Å². The van der Waals surface area contributed by atoms with Gasteiger partial charge in [0.1, 0.15) is 0 Å². The average Bonchev–Trinajstić information content (AvgIpc) is 2.31. The van der Waals surface area contributed by atoms with Gasteiger partial charge in [-0.1, -0.05) is 0 Å². The van der Waals surface area contributed by atoms with E-state index in [2.05, 4.69) is 15.1 Å². The molecule has 16 heavy (non-hydrogen) atoms. The Balaban J connectivity index is 2.11. The zero-order valence-corrected chi connectivity index (χ0v) is 10.2. The van der Waals surface area contributed by atoms with Gasteiger partial charge in [-0.15, -0.1) is 0 Å². The summed E-state index contributed by atoms with van der Waals surface area (Å²) in [6.45, 7) is 6.60. The standard InChI is InChI=1S/C11H24N4O/c1-13-11(16)10-15-8-6-14(7-9-15)5-3-2-4-12/h2-10,12H2,1H3,(H,13,16). The maximum atomic E-state index is 11.2. The van der Waals surface area contributed by atoms with Gasteiger partial charge in [0, 0.05) is 33.2 Å². The van der Waals surface area contributed by atoms with Gasteiger partial charge in [0.15, 0.2) is 0 Å². The van der Waals surface area contributed by atoms with E-state index >= 15 is 0 Å². The number of piperazine rings is 1. The minimum atomic E-state index is 0.108. The lowest BCUT2D eigenvalue weighted by Crippen LogP contribution is -2.49. The van der Waals surface area contributed by atoms with Crippen molar-refractivity contribution in [3.8, 4) is 0 Å². The monoisotopic (exact) mass is 228 g/mol. The number of nitrogens with one attached hydrogen (secondary N) is 1. The minimum Gasteiger partial charge on any atom is -0.358 e.